The predicted octanol–water partition coefficient (Wildman–Crippen LogP) is 1.01. The van der Waals surface area contributed by atoms with Gasteiger partial charge >= 0.3 is 0 Å². The lowest BCUT2D eigenvalue weighted by molar-refractivity contribution is 0.0952. The topological polar surface area (TPSA) is 84.2 Å². The summed E-state index contributed by atoms with van der Waals surface area (Å²) in [5, 5.41) is 10.5. The Hall–Kier alpha value is -2.80. The first-order valence-electron chi connectivity index (χ1n) is 7.97. The monoisotopic (exact) mass is 322 g/mol. The number of aryl methyl sites for hydroxylation is 1. The summed E-state index contributed by atoms with van der Waals surface area (Å²) in [5.74, 6) is -0.172. The van der Waals surface area contributed by atoms with Crippen LogP contribution in [0, 0.1) is 6.92 Å². The summed E-state index contributed by atoms with van der Waals surface area (Å²) < 4.78 is 1.60. The highest BCUT2D eigenvalue weighted by atomic mass is 16.1. The van der Waals surface area contributed by atoms with E-state index in [-0.39, 0.29) is 5.91 Å². The second-order valence-corrected chi connectivity index (χ2v) is 5.88. The number of aromatic nitrogens is 4. The van der Waals surface area contributed by atoms with E-state index >= 15 is 0 Å². The molecule has 122 valence electrons. The molecule has 0 bridgehead atoms. The van der Waals surface area contributed by atoms with Crippen LogP contribution in [-0.4, -0.2) is 32.0 Å². The van der Waals surface area contributed by atoms with E-state index in [1.54, 1.807) is 29.2 Å². The third-order valence-electron chi connectivity index (χ3n) is 4.42. The van der Waals surface area contributed by atoms with Crippen molar-refractivity contribution in [3.63, 3.8) is 0 Å². The molecular weight excluding hydrogens is 304 g/mol. The Labute approximate surface area is 139 Å². The summed E-state index contributed by atoms with van der Waals surface area (Å²) >= 11 is 0. The van der Waals surface area contributed by atoms with E-state index in [4.69, 9.17) is 0 Å². The molecule has 3 aromatic rings. The number of carbonyl (C=O) groups is 1. The van der Waals surface area contributed by atoms with Crippen molar-refractivity contribution in [2.24, 2.45) is 0 Å². The zero-order valence-corrected chi connectivity index (χ0v) is 13.4. The van der Waals surface area contributed by atoms with Crippen LogP contribution in [-0.2, 0) is 19.5 Å². The molecule has 24 heavy (non-hydrogen) atoms. The highest BCUT2D eigenvalue weighted by Gasteiger charge is 2.18. The Bertz CT molecular complexity index is 917. The molecule has 0 spiro atoms. The van der Waals surface area contributed by atoms with E-state index in [0.29, 0.717) is 17.8 Å². The quantitative estimate of drug-likeness (QED) is 0.752. The largest absolute Gasteiger partial charge is 0.348 e. The van der Waals surface area contributed by atoms with Crippen LogP contribution in [0.25, 0.3) is 5.65 Å². The Kier molecular flexibility index (Phi) is 3.70. The molecule has 4 rings (SSSR count). The SMILES string of the molecule is Cc1ncc2c(c1CNC(=O)c1cnn3cccnc13)CCNC2. The van der Waals surface area contributed by atoms with Gasteiger partial charge in [0.15, 0.2) is 5.65 Å². The molecule has 7 nitrogen and oxygen atoms in total. The van der Waals surface area contributed by atoms with Gasteiger partial charge in [0, 0.05) is 37.4 Å². The number of fused-ring (bicyclic) bond motifs is 2. The molecule has 1 aliphatic rings. The molecule has 7 heteroatoms. The van der Waals surface area contributed by atoms with E-state index in [2.05, 4.69) is 25.7 Å². The van der Waals surface area contributed by atoms with Gasteiger partial charge in [-0.25, -0.2) is 9.50 Å². The second kappa shape index (κ2) is 6.01. The smallest absolute Gasteiger partial charge is 0.257 e. The lowest BCUT2D eigenvalue weighted by Gasteiger charge is -2.21. The fraction of sp³-hybridized carbons (Fsp3) is 0.294. The van der Waals surface area contributed by atoms with Crippen LogP contribution in [0.15, 0.2) is 30.9 Å². The van der Waals surface area contributed by atoms with Crippen molar-refractivity contribution in [1.29, 1.82) is 0 Å². The van der Waals surface area contributed by atoms with Gasteiger partial charge in [-0.1, -0.05) is 0 Å². The molecule has 1 amide bonds. The van der Waals surface area contributed by atoms with E-state index in [0.717, 1.165) is 30.8 Å². The summed E-state index contributed by atoms with van der Waals surface area (Å²) in [4.78, 5) is 21.2. The number of nitrogens with one attached hydrogen (secondary N) is 2. The van der Waals surface area contributed by atoms with Crippen LogP contribution in [0.3, 0.4) is 0 Å². The van der Waals surface area contributed by atoms with Crippen molar-refractivity contribution in [3.8, 4) is 0 Å². The molecule has 3 aromatic heterocycles. The van der Waals surface area contributed by atoms with E-state index in [1.807, 2.05) is 13.1 Å². The Balaban J connectivity index is 1.58. The summed E-state index contributed by atoms with van der Waals surface area (Å²) in [6.07, 6.45) is 7.86. The predicted molar refractivity (Wildman–Crippen MR) is 88.5 cm³/mol. The number of nitrogens with zero attached hydrogens (tertiary/aromatic N) is 4. The standard InChI is InChI=1S/C17H18N6O/c1-11-14(13-3-5-18-7-12(13)8-20-11)9-21-17(24)15-10-22-23-6-2-4-19-16(15)23/h2,4,6,8,10,18H,3,5,7,9H2,1H3,(H,21,24). The molecule has 0 fully saturated rings. The highest BCUT2D eigenvalue weighted by molar-refractivity contribution is 5.99. The van der Waals surface area contributed by atoms with Crippen molar-refractivity contribution in [1.82, 2.24) is 30.2 Å². The Morgan fingerprint density at radius 3 is 3.21 bits per heavy atom. The van der Waals surface area contributed by atoms with Gasteiger partial charge in [-0.05, 0) is 42.6 Å². The van der Waals surface area contributed by atoms with Gasteiger partial charge in [0.05, 0.1) is 6.20 Å². The van der Waals surface area contributed by atoms with Gasteiger partial charge < -0.3 is 10.6 Å². The first-order valence-corrected chi connectivity index (χ1v) is 7.97. The number of carbonyl (C=O) groups excluding carboxylic acids is 1. The van der Waals surface area contributed by atoms with Crippen molar-refractivity contribution in [3.05, 3.63) is 58.8 Å². The van der Waals surface area contributed by atoms with Gasteiger partial charge in [-0.3, -0.25) is 9.78 Å². The molecule has 0 unspecified atom stereocenters. The normalized spacial score (nSPS) is 13.7. The average Bonchev–Trinajstić information content (AvgIpc) is 3.05. The molecule has 1 aliphatic heterocycles. The maximum absolute atomic E-state index is 12.5. The van der Waals surface area contributed by atoms with Crippen LogP contribution in [0.4, 0.5) is 0 Å². The second-order valence-electron chi connectivity index (χ2n) is 5.88. The van der Waals surface area contributed by atoms with Gasteiger partial charge in [-0.15, -0.1) is 0 Å². The van der Waals surface area contributed by atoms with Crippen LogP contribution in [0.5, 0.6) is 0 Å². The summed E-state index contributed by atoms with van der Waals surface area (Å²) in [5.41, 5.74) is 5.64. The lowest BCUT2D eigenvalue weighted by Crippen LogP contribution is -2.28. The first-order chi connectivity index (χ1) is 11.7. The fourth-order valence-corrected chi connectivity index (χ4v) is 3.13. The Morgan fingerprint density at radius 2 is 2.29 bits per heavy atom. The zero-order valence-electron chi connectivity index (χ0n) is 13.4. The Morgan fingerprint density at radius 1 is 1.38 bits per heavy atom. The molecule has 0 atom stereocenters. The summed E-state index contributed by atoms with van der Waals surface area (Å²) in [7, 11) is 0. The van der Waals surface area contributed by atoms with E-state index < -0.39 is 0 Å². The van der Waals surface area contributed by atoms with Gasteiger partial charge in [-0.2, -0.15) is 5.10 Å². The summed E-state index contributed by atoms with van der Waals surface area (Å²) in [6, 6.07) is 1.78. The third kappa shape index (κ3) is 2.52. The van der Waals surface area contributed by atoms with E-state index in [1.165, 1.54) is 11.1 Å². The first kappa shape index (κ1) is 14.8. The minimum absolute atomic E-state index is 0.172. The zero-order chi connectivity index (χ0) is 16.5. The number of amides is 1. The van der Waals surface area contributed by atoms with Crippen LogP contribution >= 0.6 is 0 Å². The molecule has 4 heterocycles. The molecule has 0 saturated carbocycles. The maximum Gasteiger partial charge on any atom is 0.257 e. The third-order valence-corrected chi connectivity index (χ3v) is 4.42. The fourth-order valence-electron chi connectivity index (χ4n) is 3.13. The number of hydrogen-bond donors (Lipinski definition) is 2. The van der Waals surface area contributed by atoms with Crippen LogP contribution < -0.4 is 10.6 Å². The van der Waals surface area contributed by atoms with E-state index in [9.17, 15) is 4.79 Å². The minimum atomic E-state index is -0.172. The highest BCUT2D eigenvalue weighted by Crippen LogP contribution is 2.20. The van der Waals surface area contributed by atoms with Gasteiger partial charge in [0.2, 0.25) is 0 Å². The minimum Gasteiger partial charge on any atom is -0.348 e. The molecular formula is C17H18N6O. The lowest BCUT2D eigenvalue weighted by atomic mass is 9.96. The number of rotatable bonds is 3. The van der Waals surface area contributed by atoms with Crippen LogP contribution in [0.2, 0.25) is 0 Å². The van der Waals surface area contributed by atoms with Gasteiger partial charge in [0.25, 0.3) is 5.91 Å². The number of hydrogen-bond acceptors (Lipinski definition) is 5. The number of pyridine rings is 1. The summed E-state index contributed by atoms with van der Waals surface area (Å²) in [6.45, 7) is 4.24. The van der Waals surface area contributed by atoms with Crippen molar-refractivity contribution in [2.45, 2.75) is 26.4 Å². The molecule has 0 aliphatic carbocycles. The van der Waals surface area contributed by atoms with Crippen molar-refractivity contribution in [2.75, 3.05) is 6.54 Å². The van der Waals surface area contributed by atoms with Gasteiger partial charge in [0.1, 0.15) is 5.56 Å². The maximum atomic E-state index is 12.5. The van der Waals surface area contributed by atoms with Crippen molar-refractivity contribution < 1.29 is 4.79 Å². The molecule has 0 aromatic carbocycles. The molecule has 0 radical (unpaired) electrons. The molecule has 0 saturated heterocycles. The van der Waals surface area contributed by atoms with Crippen LogP contribution in [0.1, 0.15) is 32.7 Å². The average molecular weight is 322 g/mol. The van der Waals surface area contributed by atoms with Crippen molar-refractivity contribution >= 4 is 11.6 Å². The molecule has 2 N–H and O–H groups in total.